The molecule has 0 saturated carbocycles. The van der Waals surface area contributed by atoms with Crippen molar-refractivity contribution in [2.24, 2.45) is 0 Å². The Balaban J connectivity index is 1.77. The molecule has 1 amide bonds. The summed E-state index contributed by atoms with van der Waals surface area (Å²) in [7, 11) is 1.80. The molecule has 3 rings (SSSR count). The summed E-state index contributed by atoms with van der Waals surface area (Å²) in [6.45, 7) is 0.527. The molecule has 0 radical (unpaired) electrons. The summed E-state index contributed by atoms with van der Waals surface area (Å²) in [5.41, 5.74) is 2.13. The molecule has 3 aromatic rings. The van der Waals surface area contributed by atoms with Gasteiger partial charge in [0.25, 0.3) is 0 Å². The van der Waals surface area contributed by atoms with E-state index in [0.717, 1.165) is 15.6 Å². The third kappa shape index (κ3) is 4.51. The van der Waals surface area contributed by atoms with Gasteiger partial charge in [-0.05, 0) is 33.7 Å². The van der Waals surface area contributed by atoms with Crippen molar-refractivity contribution in [3.8, 4) is 0 Å². The lowest BCUT2D eigenvalue weighted by Gasteiger charge is -2.23. The second-order valence-electron chi connectivity index (χ2n) is 5.82. The molecule has 128 valence electrons. The van der Waals surface area contributed by atoms with Crippen LogP contribution in [0.15, 0.2) is 65.4 Å². The Morgan fingerprint density at radius 3 is 2.48 bits per heavy atom. The number of amides is 1. The second-order valence-corrected chi connectivity index (χ2v) is 6.73. The zero-order chi connectivity index (χ0) is 17.6. The van der Waals surface area contributed by atoms with Crippen LogP contribution in [0.4, 0.5) is 0 Å². The Labute approximate surface area is 154 Å². The quantitative estimate of drug-likeness (QED) is 0.639. The first-order chi connectivity index (χ1) is 12.1. The Morgan fingerprint density at radius 1 is 1.12 bits per heavy atom. The van der Waals surface area contributed by atoms with Crippen molar-refractivity contribution < 1.29 is 4.79 Å². The van der Waals surface area contributed by atoms with Crippen LogP contribution in [0.1, 0.15) is 17.2 Å². The van der Waals surface area contributed by atoms with Crippen molar-refractivity contribution in [3.63, 3.8) is 0 Å². The fourth-order valence-electron chi connectivity index (χ4n) is 2.64. The first-order valence-electron chi connectivity index (χ1n) is 7.89. The first kappa shape index (κ1) is 17.3. The molecule has 1 heterocycles. The molecule has 0 aliphatic heterocycles. The van der Waals surface area contributed by atoms with E-state index < -0.39 is 6.04 Å². The van der Waals surface area contributed by atoms with E-state index in [1.807, 2.05) is 54.6 Å². The zero-order valence-corrected chi connectivity index (χ0v) is 15.4. The number of likely N-dealkylation sites (N-methyl/N-ethyl adjacent to an activating group) is 1. The highest BCUT2D eigenvalue weighted by Crippen LogP contribution is 2.18. The van der Waals surface area contributed by atoms with Crippen LogP contribution in [0.2, 0.25) is 0 Å². The van der Waals surface area contributed by atoms with Gasteiger partial charge in [-0.1, -0.05) is 58.4 Å². The van der Waals surface area contributed by atoms with Crippen LogP contribution in [-0.2, 0) is 17.8 Å². The first-order valence-corrected chi connectivity index (χ1v) is 8.68. The van der Waals surface area contributed by atoms with E-state index in [0.29, 0.717) is 13.0 Å². The van der Waals surface area contributed by atoms with Gasteiger partial charge in [-0.3, -0.25) is 4.79 Å². The van der Waals surface area contributed by atoms with Crippen LogP contribution in [-0.4, -0.2) is 38.1 Å². The van der Waals surface area contributed by atoms with Crippen LogP contribution in [0, 0.1) is 0 Å². The Kier molecular flexibility index (Phi) is 5.55. The van der Waals surface area contributed by atoms with Gasteiger partial charge in [0.05, 0.1) is 0 Å². The van der Waals surface area contributed by atoms with Gasteiger partial charge in [-0.25, -0.2) is 4.68 Å². The van der Waals surface area contributed by atoms with Crippen LogP contribution >= 0.6 is 15.9 Å². The van der Waals surface area contributed by atoms with Gasteiger partial charge in [-0.2, -0.15) is 0 Å². The van der Waals surface area contributed by atoms with Crippen LogP contribution in [0.5, 0.6) is 0 Å². The van der Waals surface area contributed by atoms with E-state index in [1.54, 1.807) is 11.9 Å². The molecule has 0 aliphatic carbocycles. The van der Waals surface area contributed by atoms with Crippen LogP contribution in [0.25, 0.3) is 0 Å². The highest BCUT2D eigenvalue weighted by molar-refractivity contribution is 9.10. The third-order valence-corrected chi connectivity index (χ3v) is 4.48. The molecular formula is C18H18BrN5O. The summed E-state index contributed by atoms with van der Waals surface area (Å²) in [6.07, 6.45) is 2.02. The number of rotatable bonds is 6. The molecule has 0 spiro atoms. The molecule has 2 aromatic carbocycles. The van der Waals surface area contributed by atoms with Gasteiger partial charge < -0.3 is 4.90 Å². The van der Waals surface area contributed by atoms with Gasteiger partial charge in [0, 0.05) is 24.5 Å². The molecule has 7 heteroatoms. The van der Waals surface area contributed by atoms with E-state index in [4.69, 9.17) is 0 Å². The predicted octanol–water partition coefficient (Wildman–Crippen LogP) is 2.88. The SMILES string of the molecule is CN(Cc1ccc(Br)cc1)C(=O)C(Cc1ccccc1)n1cnnn1. The molecule has 6 nitrogen and oxygen atoms in total. The van der Waals surface area contributed by atoms with E-state index in [-0.39, 0.29) is 5.91 Å². The number of hydrogen-bond acceptors (Lipinski definition) is 4. The van der Waals surface area contributed by atoms with E-state index >= 15 is 0 Å². The fourth-order valence-corrected chi connectivity index (χ4v) is 2.90. The predicted molar refractivity (Wildman–Crippen MR) is 97.6 cm³/mol. The summed E-state index contributed by atoms with van der Waals surface area (Å²) in [5, 5.41) is 11.3. The van der Waals surface area contributed by atoms with Crippen molar-refractivity contribution in [2.75, 3.05) is 7.05 Å². The van der Waals surface area contributed by atoms with E-state index in [9.17, 15) is 4.79 Å². The smallest absolute Gasteiger partial charge is 0.247 e. The Bertz CT molecular complexity index is 805. The lowest BCUT2D eigenvalue weighted by atomic mass is 10.0. The number of nitrogens with zero attached hydrogens (tertiary/aromatic N) is 5. The summed E-state index contributed by atoms with van der Waals surface area (Å²) < 4.78 is 2.54. The number of tetrazole rings is 1. The molecule has 0 fully saturated rings. The van der Waals surface area contributed by atoms with Crippen molar-refractivity contribution in [1.82, 2.24) is 25.1 Å². The maximum absolute atomic E-state index is 13.0. The normalized spacial score (nSPS) is 11.9. The monoisotopic (exact) mass is 399 g/mol. The molecule has 0 bridgehead atoms. The molecule has 1 atom stereocenters. The maximum atomic E-state index is 13.0. The lowest BCUT2D eigenvalue weighted by molar-refractivity contribution is -0.134. The number of carbonyl (C=O) groups excluding carboxylic acids is 1. The molecule has 1 aromatic heterocycles. The van der Waals surface area contributed by atoms with E-state index in [2.05, 4.69) is 31.5 Å². The van der Waals surface area contributed by atoms with Gasteiger partial charge in [0.1, 0.15) is 12.4 Å². The minimum Gasteiger partial charge on any atom is -0.340 e. The summed E-state index contributed by atoms with van der Waals surface area (Å²) in [4.78, 5) is 14.7. The largest absolute Gasteiger partial charge is 0.340 e. The van der Waals surface area contributed by atoms with Gasteiger partial charge in [0.15, 0.2) is 0 Å². The van der Waals surface area contributed by atoms with Crippen LogP contribution < -0.4 is 0 Å². The molecule has 1 unspecified atom stereocenters. The molecule has 0 saturated heterocycles. The average Bonchev–Trinajstić information content (AvgIpc) is 3.16. The summed E-state index contributed by atoms with van der Waals surface area (Å²) in [6, 6.07) is 17.3. The number of benzene rings is 2. The third-order valence-electron chi connectivity index (χ3n) is 3.95. The zero-order valence-electron chi connectivity index (χ0n) is 13.8. The topological polar surface area (TPSA) is 63.9 Å². The number of aromatic nitrogens is 4. The van der Waals surface area contributed by atoms with Crippen molar-refractivity contribution in [1.29, 1.82) is 0 Å². The fraction of sp³-hybridized carbons (Fsp3) is 0.222. The molecular weight excluding hydrogens is 382 g/mol. The lowest BCUT2D eigenvalue weighted by Crippen LogP contribution is -2.35. The highest BCUT2D eigenvalue weighted by Gasteiger charge is 2.25. The minimum atomic E-state index is -0.474. The highest BCUT2D eigenvalue weighted by atomic mass is 79.9. The van der Waals surface area contributed by atoms with Gasteiger partial charge in [0.2, 0.25) is 5.91 Å². The van der Waals surface area contributed by atoms with Crippen molar-refractivity contribution in [2.45, 2.75) is 19.0 Å². The summed E-state index contributed by atoms with van der Waals surface area (Å²) in [5.74, 6) is -0.0286. The Morgan fingerprint density at radius 2 is 1.84 bits per heavy atom. The van der Waals surface area contributed by atoms with Crippen molar-refractivity contribution >= 4 is 21.8 Å². The van der Waals surface area contributed by atoms with Gasteiger partial charge >= 0.3 is 0 Å². The standard InChI is InChI=1S/C18H18BrN5O/c1-23(12-15-7-9-16(19)10-8-15)18(25)17(24-13-20-21-22-24)11-14-5-3-2-4-6-14/h2-10,13,17H,11-12H2,1H3. The second kappa shape index (κ2) is 8.02. The van der Waals surface area contributed by atoms with Crippen molar-refractivity contribution in [3.05, 3.63) is 76.5 Å². The van der Waals surface area contributed by atoms with Crippen LogP contribution in [0.3, 0.4) is 0 Å². The number of halogens is 1. The average molecular weight is 400 g/mol. The van der Waals surface area contributed by atoms with E-state index in [1.165, 1.54) is 11.0 Å². The molecule has 0 N–H and O–H groups in total. The minimum absolute atomic E-state index is 0.0286. The molecule has 25 heavy (non-hydrogen) atoms. The van der Waals surface area contributed by atoms with Gasteiger partial charge in [-0.15, -0.1) is 5.10 Å². The number of carbonyl (C=O) groups is 1. The maximum Gasteiger partial charge on any atom is 0.247 e. The number of hydrogen-bond donors (Lipinski definition) is 0. The molecule has 0 aliphatic rings. The summed E-state index contributed by atoms with van der Waals surface area (Å²) >= 11 is 3.42. The Hall–Kier alpha value is -2.54.